The summed E-state index contributed by atoms with van der Waals surface area (Å²) in [6.07, 6.45) is -4.15. The van der Waals surface area contributed by atoms with Gasteiger partial charge < -0.3 is 34.0 Å². The van der Waals surface area contributed by atoms with Gasteiger partial charge in [0.15, 0.2) is 12.0 Å². The lowest BCUT2D eigenvalue weighted by Crippen LogP contribution is -2.43. The lowest BCUT2D eigenvalue weighted by Gasteiger charge is -2.18. The van der Waals surface area contributed by atoms with Crippen molar-refractivity contribution in [2.45, 2.75) is 31.1 Å². The second-order valence-corrected chi connectivity index (χ2v) is 10.6. The summed E-state index contributed by atoms with van der Waals surface area (Å²) in [5.41, 5.74) is -0.950. The van der Waals surface area contributed by atoms with Gasteiger partial charge in [0.25, 0.3) is 5.56 Å². The SMILES string of the molecule is O=c1ccn([C@@H]2O[C@H](COP(=O)(O)OP(=O)(O)O)[C@H](O)C2O)c(=O)n1Cc1ncc(-c2ccccc2)o1. The first kappa shape index (κ1) is 27.3. The first-order valence-electron chi connectivity index (χ1n) is 10.4. The summed E-state index contributed by atoms with van der Waals surface area (Å²) in [6, 6.07) is 9.97. The van der Waals surface area contributed by atoms with Gasteiger partial charge in [-0.1, -0.05) is 30.3 Å². The van der Waals surface area contributed by atoms with Crippen LogP contribution < -0.4 is 11.2 Å². The van der Waals surface area contributed by atoms with Crippen LogP contribution in [0.1, 0.15) is 12.1 Å². The molecule has 5 atom stereocenters. The van der Waals surface area contributed by atoms with Gasteiger partial charge in [-0.25, -0.2) is 18.9 Å². The Kier molecular flexibility index (Phi) is 7.78. The Morgan fingerprint density at radius 1 is 1.03 bits per heavy atom. The second-order valence-electron chi connectivity index (χ2n) is 7.80. The molecule has 3 heterocycles. The molecule has 5 N–H and O–H groups in total. The summed E-state index contributed by atoms with van der Waals surface area (Å²) in [5.74, 6) is 0.447. The monoisotopic (exact) mass is 561 g/mol. The van der Waals surface area contributed by atoms with Crippen molar-refractivity contribution >= 4 is 15.6 Å². The number of aliphatic hydroxyl groups excluding tert-OH is 2. The van der Waals surface area contributed by atoms with Crippen molar-refractivity contribution in [3.8, 4) is 11.3 Å². The summed E-state index contributed by atoms with van der Waals surface area (Å²) in [4.78, 5) is 56.2. The highest BCUT2D eigenvalue weighted by molar-refractivity contribution is 7.60. The van der Waals surface area contributed by atoms with Crippen molar-refractivity contribution in [1.82, 2.24) is 14.1 Å². The van der Waals surface area contributed by atoms with Crippen molar-refractivity contribution in [3.05, 3.63) is 75.5 Å². The molecule has 4 rings (SSSR count). The molecule has 18 heteroatoms. The van der Waals surface area contributed by atoms with E-state index >= 15 is 0 Å². The van der Waals surface area contributed by atoms with Crippen LogP contribution in [0.25, 0.3) is 11.3 Å². The third-order valence-corrected chi connectivity index (χ3v) is 7.38. The zero-order valence-electron chi connectivity index (χ0n) is 18.6. The number of oxazole rings is 1. The van der Waals surface area contributed by atoms with Gasteiger partial charge in [0.2, 0.25) is 5.89 Å². The van der Waals surface area contributed by atoms with E-state index in [0.29, 0.717) is 5.76 Å². The molecular formula is C19H21N3O13P2. The lowest BCUT2D eigenvalue weighted by atomic mass is 10.1. The van der Waals surface area contributed by atoms with E-state index in [4.69, 9.17) is 18.9 Å². The van der Waals surface area contributed by atoms with Crippen molar-refractivity contribution in [2.24, 2.45) is 0 Å². The number of phosphoric ester groups is 1. The van der Waals surface area contributed by atoms with Crippen molar-refractivity contribution in [1.29, 1.82) is 0 Å². The minimum absolute atomic E-state index is 0.0405. The Balaban J connectivity index is 1.52. The summed E-state index contributed by atoms with van der Waals surface area (Å²) in [5, 5.41) is 20.7. The number of rotatable bonds is 9. The average molecular weight is 561 g/mol. The number of phosphoric acid groups is 2. The topological polar surface area (TPSA) is 233 Å². The Morgan fingerprint density at radius 2 is 1.73 bits per heavy atom. The molecule has 0 radical (unpaired) electrons. The third-order valence-electron chi connectivity index (χ3n) is 5.22. The minimum Gasteiger partial charge on any atom is -0.439 e. The van der Waals surface area contributed by atoms with Crippen molar-refractivity contribution < 1.29 is 52.0 Å². The molecule has 1 saturated heterocycles. The maximum absolute atomic E-state index is 13.1. The van der Waals surface area contributed by atoms with E-state index in [0.717, 1.165) is 27.0 Å². The standard InChI is InChI=1S/C19H21N3O13P2/c23-15-6-7-21(18-17(25)16(24)13(34-18)10-32-37(30,31)35-36(27,28)29)19(26)22(15)9-14-20-8-12(33-14)11-4-2-1-3-5-11/h1-8,13,16-18,24-25H,9-10H2,(H,30,31)(H2,27,28,29)/t13-,16+,17?,18-/m1/s1. The Hall–Kier alpha value is -2.75. The van der Waals surface area contributed by atoms with Crippen molar-refractivity contribution in [3.63, 3.8) is 0 Å². The van der Waals surface area contributed by atoms with Crippen LogP contribution in [0.3, 0.4) is 0 Å². The minimum atomic E-state index is -5.38. The number of ether oxygens (including phenoxy) is 1. The largest absolute Gasteiger partial charge is 0.481 e. The van der Waals surface area contributed by atoms with Gasteiger partial charge in [-0.3, -0.25) is 18.5 Å². The van der Waals surface area contributed by atoms with E-state index in [2.05, 4.69) is 13.8 Å². The second kappa shape index (κ2) is 10.6. The maximum Gasteiger partial charge on any atom is 0.481 e. The smallest absolute Gasteiger partial charge is 0.439 e. The molecule has 0 aliphatic carbocycles. The highest BCUT2D eigenvalue weighted by Crippen LogP contribution is 2.57. The number of nitrogens with zero attached hydrogens (tertiary/aromatic N) is 3. The van der Waals surface area contributed by atoms with Gasteiger partial charge in [0.1, 0.15) is 24.9 Å². The van der Waals surface area contributed by atoms with Crippen LogP contribution in [0.4, 0.5) is 0 Å². The van der Waals surface area contributed by atoms with Gasteiger partial charge in [-0.05, 0) is 0 Å². The van der Waals surface area contributed by atoms with Gasteiger partial charge in [-0.2, -0.15) is 4.31 Å². The van der Waals surface area contributed by atoms with E-state index in [9.17, 15) is 33.8 Å². The average Bonchev–Trinajstić information content (AvgIpc) is 3.40. The first-order valence-corrected chi connectivity index (χ1v) is 13.5. The molecule has 0 spiro atoms. The molecule has 0 amide bonds. The first-order chi connectivity index (χ1) is 17.3. The lowest BCUT2D eigenvalue weighted by molar-refractivity contribution is -0.0548. The van der Waals surface area contributed by atoms with E-state index in [1.165, 1.54) is 6.20 Å². The quantitative estimate of drug-likeness (QED) is 0.208. The summed E-state index contributed by atoms with van der Waals surface area (Å²) >= 11 is 0. The number of benzene rings is 1. The molecule has 0 saturated carbocycles. The van der Waals surface area contributed by atoms with Crippen LogP contribution in [0.2, 0.25) is 0 Å². The van der Waals surface area contributed by atoms with E-state index < -0.39 is 58.0 Å². The maximum atomic E-state index is 13.1. The van der Waals surface area contributed by atoms with Gasteiger partial charge >= 0.3 is 21.3 Å². The van der Waals surface area contributed by atoms with Crippen LogP contribution >= 0.6 is 15.6 Å². The highest BCUT2D eigenvalue weighted by Gasteiger charge is 2.46. The molecule has 1 fully saturated rings. The molecule has 1 aromatic carbocycles. The number of aromatic nitrogens is 3. The Morgan fingerprint density at radius 3 is 2.41 bits per heavy atom. The molecule has 0 bridgehead atoms. The molecule has 1 aliphatic heterocycles. The van der Waals surface area contributed by atoms with Gasteiger partial charge in [-0.15, -0.1) is 0 Å². The predicted octanol–water partition coefficient (Wildman–Crippen LogP) is -0.441. The number of hydrogen-bond acceptors (Lipinski definition) is 11. The van der Waals surface area contributed by atoms with E-state index in [1.54, 1.807) is 24.3 Å². The molecule has 37 heavy (non-hydrogen) atoms. The number of hydrogen-bond donors (Lipinski definition) is 5. The summed E-state index contributed by atoms with van der Waals surface area (Å²) in [6.45, 7) is -1.31. The Labute approximate surface area is 206 Å². The molecule has 2 unspecified atom stereocenters. The highest BCUT2D eigenvalue weighted by atomic mass is 31.3. The van der Waals surface area contributed by atoms with Crippen LogP contribution in [0.15, 0.2) is 62.8 Å². The molecule has 1 aliphatic rings. The van der Waals surface area contributed by atoms with Gasteiger partial charge in [0, 0.05) is 17.8 Å². The molecule has 200 valence electrons. The Bertz CT molecular complexity index is 1460. The van der Waals surface area contributed by atoms with Crippen LogP contribution in [0.5, 0.6) is 0 Å². The summed E-state index contributed by atoms with van der Waals surface area (Å²) in [7, 11) is -10.6. The third kappa shape index (κ3) is 6.40. The van der Waals surface area contributed by atoms with Crippen molar-refractivity contribution in [2.75, 3.05) is 6.61 Å². The van der Waals surface area contributed by atoms with Crippen LogP contribution in [-0.2, 0) is 29.2 Å². The molecule has 3 aromatic rings. The number of aliphatic hydroxyl groups is 2. The van der Waals surface area contributed by atoms with Crippen LogP contribution in [-0.4, -0.2) is 63.9 Å². The normalized spacial score (nSPS) is 23.7. The summed E-state index contributed by atoms with van der Waals surface area (Å²) < 4.78 is 43.0. The molecule has 2 aromatic heterocycles. The zero-order chi connectivity index (χ0) is 27.0. The van der Waals surface area contributed by atoms with Gasteiger partial charge in [0.05, 0.1) is 12.8 Å². The molecular weight excluding hydrogens is 540 g/mol. The van der Waals surface area contributed by atoms with E-state index in [1.807, 2.05) is 6.07 Å². The van der Waals surface area contributed by atoms with E-state index in [-0.39, 0.29) is 12.4 Å². The fourth-order valence-electron chi connectivity index (χ4n) is 3.55. The fourth-order valence-corrected chi connectivity index (χ4v) is 5.15. The van der Waals surface area contributed by atoms with Crippen LogP contribution in [0, 0.1) is 0 Å². The zero-order valence-corrected chi connectivity index (χ0v) is 20.4. The predicted molar refractivity (Wildman–Crippen MR) is 121 cm³/mol. The fraction of sp³-hybridized carbons (Fsp3) is 0.316. The molecule has 16 nitrogen and oxygen atoms in total.